The van der Waals surface area contributed by atoms with E-state index in [4.69, 9.17) is 4.74 Å². The number of hydrogen-bond acceptors (Lipinski definition) is 7. The van der Waals surface area contributed by atoms with Crippen LogP contribution in [-0.2, 0) is 14.8 Å². The first-order valence-corrected chi connectivity index (χ1v) is 10.9. The predicted octanol–water partition coefficient (Wildman–Crippen LogP) is 2.85. The summed E-state index contributed by atoms with van der Waals surface area (Å²) in [5.74, 6) is -1.13. The number of nitro benzene ring substituents is 1. The molecule has 166 valence electrons. The zero-order chi connectivity index (χ0) is 23.2. The zero-order valence-corrected chi connectivity index (χ0v) is 18.1. The molecule has 0 aromatic heterocycles. The highest BCUT2D eigenvalue weighted by Crippen LogP contribution is 2.31. The van der Waals surface area contributed by atoms with Crippen LogP contribution < -0.4 is 10.1 Å². The van der Waals surface area contributed by atoms with E-state index in [1.807, 2.05) is 0 Å². The van der Waals surface area contributed by atoms with Gasteiger partial charge in [0.2, 0.25) is 10.0 Å². The molecule has 0 spiro atoms. The maximum atomic E-state index is 12.6. The maximum absolute atomic E-state index is 12.6. The average Bonchev–Trinajstić information content (AvgIpc) is 2.73. The number of carbonyl (C=O) groups excluding carboxylic acids is 2. The van der Waals surface area contributed by atoms with Gasteiger partial charge in [0.15, 0.2) is 18.1 Å². The fraction of sp³-hybridized carbons (Fsp3) is 0.300. The van der Waals surface area contributed by atoms with Crippen molar-refractivity contribution in [3.63, 3.8) is 0 Å². The van der Waals surface area contributed by atoms with Crippen molar-refractivity contribution in [2.45, 2.75) is 25.7 Å². The number of ketones is 1. The molecule has 0 aliphatic heterocycles. The van der Waals surface area contributed by atoms with Gasteiger partial charge in [-0.15, -0.1) is 0 Å². The summed E-state index contributed by atoms with van der Waals surface area (Å²) in [7, 11) is -3.90. The molecule has 0 atom stereocenters. The van der Waals surface area contributed by atoms with E-state index in [0.29, 0.717) is 11.3 Å². The number of anilines is 1. The Balaban J connectivity index is 2.21. The minimum absolute atomic E-state index is 0.215. The number of ether oxygens (including phenoxy) is 1. The topological polar surface area (TPSA) is 136 Å². The molecule has 2 rings (SSSR count). The van der Waals surface area contributed by atoms with Gasteiger partial charge in [-0.1, -0.05) is 26.0 Å². The molecule has 31 heavy (non-hydrogen) atoms. The Labute approximate surface area is 180 Å². The fourth-order valence-electron chi connectivity index (χ4n) is 2.86. The van der Waals surface area contributed by atoms with E-state index in [-0.39, 0.29) is 29.5 Å². The molecule has 0 radical (unpaired) electrons. The lowest BCUT2D eigenvalue weighted by molar-refractivity contribution is -0.386. The second-order valence-electron chi connectivity index (χ2n) is 6.41. The molecular weight excluding hydrogens is 426 g/mol. The first-order valence-electron chi connectivity index (χ1n) is 9.43. The highest BCUT2D eigenvalue weighted by Gasteiger charge is 2.26. The van der Waals surface area contributed by atoms with Crippen molar-refractivity contribution < 1.29 is 27.7 Å². The van der Waals surface area contributed by atoms with Gasteiger partial charge in [0.1, 0.15) is 0 Å². The highest BCUT2D eigenvalue weighted by molar-refractivity contribution is 7.89. The van der Waals surface area contributed by atoms with Gasteiger partial charge in [-0.25, -0.2) is 8.42 Å². The molecule has 0 heterocycles. The lowest BCUT2D eigenvalue weighted by Gasteiger charge is -2.18. The first kappa shape index (κ1) is 24.0. The van der Waals surface area contributed by atoms with E-state index in [9.17, 15) is 28.1 Å². The van der Waals surface area contributed by atoms with Crippen molar-refractivity contribution in [2.24, 2.45) is 0 Å². The highest BCUT2D eigenvalue weighted by atomic mass is 32.2. The van der Waals surface area contributed by atoms with Crippen LogP contribution in [0.1, 0.15) is 31.1 Å². The fourth-order valence-corrected chi connectivity index (χ4v) is 4.34. The number of rotatable bonds is 10. The molecule has 0 aliphatic rings. The standard InChI is InChI=1S/C20H23N3O7S/c1-4-22(5-2)31(28,29)15-10-11-19(18(12-15)23(26)27)30-13-20(25)21-17-9-7-6-8-16(17)14(3)24/h6-12H,4-5,13H2,1-3H3,(H,21,25). The van der Waals surface area contributed by atoms with Crippen molar-refractivity contribution >= 4 is 33.1 Å². The molecule has 2 aromatic rings. The van der Waals surface area contributed by atoms with Crippen molar-refractivity contribution in [3.05, 3.63) is 58.1 Å². The van der Waals surface area contributed by atoms with E-state index in [2.05, 4.69) is 5.32 Å². The summed E-state index contributed by atoms with van der Waals surface area (Å²) in [5, 5.41) is 14.0. The predicted molar refractivity (Wildman–Crippen MR) is 114 cm³/mol. The number of para-hydroxylation sites is 1. The lowest BCUT2D eigenvalue weighted by atomic mass is 10.1. The van der Waals surface area contributed by atoms with Crippen molar-refractivity contribution in [1.29, 1.82) is 0 Å². The van der Waals surface area contributed by atoms with Gasteiger partial charge >= 0.3 is 5.69 Å². The van der Waals surface area contributed by atoms with Crippen LogP contribution in [0, 0.1) is 10.1 Å². The van der Waals surface area contributed by atoms with Crippen molar-refractivity contribution in [1.82, 2.24) is 4.31 Å². The number of nitrogens with one attached hydrogen (secondary N) is 1. The van der Waals surface area contributed by atoms with E-state index in [1.165, 1.54) is 17.3 Å². The lowest BCUT2D eigenvalue weighted by Crippen LogP contribution is -2.30. The summed E-state index contributed by atoms with van der Waals surface area (Å²) >= 11 is 0. The zero-order valence-electron chi connectivity index (χ0n) is 17.3. The van der Waals surface area contributed by atoms with Crippen molar-refractivity contribution in [2.75, 3.05) is 25.0 Å². The van der Waals surface area contributed by atoms with Crippen LogP contribution in [-0.4, -0.2) is 49.0 Å². The molecular formula is C20H23N3O7S. The normalized spacial score (nSPS) is 11.2. The summed E-state index contributed by atoms with van der Waals surface area (Å²) in [6.07, 6.45) is 0. The molecule has 1 amide bonds. The summed E-state index contributed by atoms with van der Waals surface area (Å²) < 4.78 is 31.7. The average molecular weight is 449 g/mol. The van der Waals surface area contributed by atoms with Crippen LogP contribution >= 0.6 is 0 Å². The molecule has 1 N–H and O–H groups in total. The van der Waals surface area contributed by atoms with Crippen LogP contribution in [0.3, 0.4) is 0 Å². The third-order valence-electron chi connectivity index (χ3n) is 4.41. The Morgan fingerprint density at radius 1 is 1.13 bits per heavy atom. The molecule has 0 bridgehead atoms. The molecule has 10 nitrogen and oxygen atoms in total. The Kier molecular flexibility index (Phi) is 7.83. The van der Waals surface area contributed by atoms with Crippen LogP contribution in [0.25, 0.3) is 0 Å². The van der Waals surface area contributed by atoms with E-state index >= 15 is 0 Å². The van der Waals surface area contributed by atoms with Gasteiger partial charge in [0.25, 0.3) is 5.91 Å². The second-order valence-corrected chi connectivity index (χ2v) is 8.35. The number of amides is 1. The quantitative estimate of drug-likeness (QED) is 0.335. The van der Waals surface area contributed by atoms with Gasteiger partial charge < -0.3 is 10.1 Å². The van der Waals surface area contributed by atoms with Crippen molar-refractivity contribution in [3.8, 4) is 5.75 Å². The third-order valence-corrected chi connectivity index (χ3v) is 6.46. The van der Waals surface area contributed by atoms with Gasteiger partial charge in [-0.2, -0.15) is 4.31 Å². The molecule has 0 saturated heterocycles. The first-order chi connectivity index (χ1) is 14.6. The van der Waals surface area contributed by atoms with Crippen LogP contribution in [0.15, 0.2) is 47.4 Å². The molecule has 11 heteroatoms. The summed E-state index contributed by atoms with van der Waals surface area (Å²) in [6, 6.07) is 9.64. The van der Waals surface area contributed by atoms with Gasteiger partial charge in [0, 0.05) is 24.7 Å². The van der Waals surface area contributed by atoms with Crippen LogP contribution in [0.5, 0.6) is 5.75 Å². The van der Waals surface area contributed by atoms with E-state index in [0.717, 1.165) is 12.1 Å². The molecule has 0 saturated carbocycles. The maximum Gasteiger partial charge on any atom is 0.312 e. The number of nitro groups is 1. The third kappa shape index (κ3) is 5.64. The molecule has 0 aliphatic carbocycles. The number of Topliss-reactive ketones (excluding diaryl/α,β-unsaturated/α-hetero) is 1. The minimum Gasteiger partial charge on any atom is -0.477 e. The monoisotopic (exact) mass is 449 g/mol. The summed E-state index contributed by atoms with van der Waals surface area (Å²) in [4.78, 5) is 34.3. The van der Waals surface area contributed by atoms with Gasteiger partial charge in [-0.05, 0) is 31.2 Å². The van der Waals surface area contributed by atoms with E-state index < -0.39 is 33.1 Å². The number of carbonyl (C=O) groups is 2. The minimum atomic E-state index is -3.90. The van der Waals surface area contributed by atoms with Crippen LogP contribution in [0.4, 0.5) is 11.4 Å². The Morgan fingerprint density at radius 2 is 1.77 bits per heavy atom. The Hall–Kier alpha value is -3.31. The molecule has 0 fully saturated rings. The number of nitrogens with zero attached hydrogens (tertiary/aromatic N) is 2. The Morgan fingerprint density at radius 3 is 2.35 bits per heavy atom. The SMILES string of the molecule is CCN(CC)S(=O)(=O)c1ccc(OCC(=O)Nc2ccccc2C(C)=O)c([N+](=O)[O-])c1. The largest absolute Gasteiger partial charge is 0.477 e. The number of hydrogen-bond donors (Lipinski definition) is 1. The summed E-state index contributed by atoms with van der Waals surface area (Å²) in [5.41, 5.74) is 0.0247. The Bertz CT molecular complexity index is 1100. The van der Waals surface area contributed by atoms with Gasteiger partial charge in [-0.3, -0.25) is 19.7 Å². The molecule has 2 aromatic carbocycles. The molecule has 0 unspecified atom stereocenters. The number of benzene rings is 2. The van der Waals surface area contributed by atoms with Gasteiger partial charge in [0.05, 0.1) is 15.5 Å². The summed E-state index contributed by atoms with van der Waals surface area (Å²) in [6.45, 7) is 4.54. The second kappa shape index (κ2) is 10.1. The van der Waals surface area contributed by atoms with E-state index in [1.54, 1.807) is 38.1 Å². The number of sulfonamides is 1. The van der Waals surface area contributed by atoms with Crippen LogP contribution in [0.2, 0.25) is 0 Å². The smallest absolute Gasteiger partial charge is 0.312 e.